The van der Waals surface area contributed by atoms with E-state index in [-0.39, 0.29) is 11.8 Å². The van der Waals surface area contributed by atoms with Crippen LogP contribution < -0.4 is 0 Å². The summed E-state index contributed by atoms with van der Waals surface area (Å²) in [5.41, 5.74) is 3.35. The van der Waals surface area contributed by atoms with Crippen LogP contribution in [0.4, 0.5) is 0 Å². The van der Waals surface area contributed by atoms with E-state index in [0.29, 0.717) is 24.2 Å². The predicted octanol–water partition coefficient (Wildman–Crippen LogP) is 4.69. The number of oxime groups is 1. The fraction of sp³-hybridized carbons (Fsp3) is 0.458. The van der Waals surface area contributed by atoms with Crippen molar-refractivity contribution >= 4 is 15.5 Å². The van der Waals surface area contributed by atoms with Gasteiger partial charge in [0, 0.05) is 24.5 Å². The van der Waals surface area contributed by atoms with Crippen LogP contribution in [0.5, 0.6) is 0 Å². The molecule has 1 unspecified atom stereocenters. The summed E-state index contributed by atoms with van der Waals surface area (Å²) in [6.45, 7) is 3.92. The van der Waals surface area contributed by atoms with Crippen molar-refractivity contribution in [2.24, 2.45) is 11.1 Å². The molecule has 162 valence electrons. The molecule has 30 heavy (non-hydrogen) atoms. The van der Waals surface area contributed by atoms with Gasteiger partial charge in [-0.1, -0.05) is 41.6 Å². The highest BCUT2D eigenvalue weighted by Crippen LogP contribution is 2.37. The molecule has 6 heteroatoms. The maximum Gasteiger partial charge on any atom is 0.175 e. The number of benzene rings is 2. The minimum absolute atomic E-state index is 0.0480. The Kier molecular flexibility index (Phi) is 6.68. The second kappa shape index (κ2) is 8.90. The van der Waals surface area contributed by atoms with Crippen molar-refractivity contribution < 1.29 is 18.7 Å². The molecule has 0 aromatic heterocycles. The third kappa shape index (κ3) is 5.29. The Bertz CT molecular complexity index is 1000. The molecule has 1 aliphatic rings. The maximum absolute atomic E-state index is 11.8. The second-order valence-corrected chi connectivity index (χ2v) is 10.8. The molecule has 0 heterocycles. The van der Waals surface area contributed by atoms with E-state index >= 15 is 0 Å². The molecule has 2 N–H and O–H groups in total. The van der Waals surface area contributed by atoms with Gasteiger partial charge in [0.05, 0.1) is 16.2 Å². The Labute approximate surface area is 179 Å². The van der Waals surface area contributed by atoms with E-state index in [0.717, 1.165) is 35.2 Å². The standard InChI is InChI=1S/C24H31NO4S/c1-17-6-4-5-7-21(17)22(18-8-10-20(11-9-18)30(3,28)29)16-23(25-27)19-12-14-24(2,26)15-13-19/h4-11,19,22,26-27H,12-16H2,1-3H3/b25-23+/t19-,22?,24+. The van der Waals surface area contributed by atoms with Crippen molar-refractivity contribution in [1.82, 2.24) is 0 Å². The second-order valence-electron chi connectivity index (χ2n) is 8.82. The molecule has 0 amide bonds. The largest absolute Gasteiger partial charge is 0.411 e. The molecule has 0 radical (unpaired) electrons. The molecule has 1 saturated carbocycles. The third-order valence-electron chi connectivity index (χ3n) is 6.35. The molecule has 0 bridgehead atoms. The van der Waals surface area contributed by atoms with Gasteiger partial charge in [-0.25, -0.2) is 8.42 Å². The van der Waals surface area contributed by atoms with Gasteiger partial charge in [0.15, 0.2) is 9.84 Å². The van der Waals surface area contributed by atoms with Crippen molar-refractivity contribution in [3.05, 3.63) is 65.2 Å². The highest BCUT2D eigenvalue weighted by atomic mass is 32.2. The summed E-state index contributed by atoms with van der Waals surface area (Å²) < 4.78 is 23.7. The topological polar surface area (TPSA) is 87.0 Å². The van der Waals surface area contributed by atoms with Crippen molar-refractivity contribution in [3.63, 3.8) is 0 Å². The Morgan fingerprint density at radius 3 is 2.27 bits per heavy atom. The third-order valence-corrected chi connectivity index (χ3v) is 7.48. The van der Waals surface area contributed by atoms with E-state index in [9.17, 15) is 18.7 Å². The van der Waals surface area contributed by atoms with Crippen LogP contribution in [0.1, 0.15) is 61.6 Å². The molecule has 1 fully saturated rings. The zero-order chi connectivity index (χ0) is 21.9. The average Bonchev–Trinajstić information content (AvgIpc) is 2.70. The van der Waals surface area contributed by atoms with Crippen molar-refractivity contribution in [2.75, 3.05) is 6.26 Å². The Balaban J connectivity index is 1.93. The molecule has 1 atom stereocenters. The number of aliphatic hydroxyl groups is 1. The van der Waals surface area contributed by atoms with Crippen molar-refractivity contribution in [2.45, 2.75) is 62.4 Å². The molecular weight excluding hydrogens is 398 g/mol. The summed E-state index contributed by atoms with van der Waals surface area (Å²) in [5.74, 6) is 0.0881. The van der Waals surface area contributed by atoms with E-state index in [4.69, 9.17) is 0 Å². The molecule has 3 rings (SSSR count). The Morgan fingerprint density at radius 2 is 1.73 bits per heavy atom. The fourth-order valence-electron chi connectivity index (χ4n) is 4.40. The number of sulfone groups is 1. The van der Waals surface area contributed by atoms with Crippen LogP contribution in [0.3, 0.4) is 0 Å². The summed E-state index contributed by atoms with van der Waals surface area (Å²) in [4.78, 5) is 0.292. The first kappa shape index (κ1) is 22.5. The molecule has 2 aromatic carbocycles. The monoisotopic (exact) mass is 429 g/mol. The molecule has 0 aliphatic heterocycles. The van der Waals surface area contributed by atoms with Crippen molar-refractivity contribution in [1.29, 1.82) is 0 Å². The van der Waals surface area contributed by atoms with Crippen LogP contribution in [0, 0.1) is 12.8 Å². The highest BCUT2D eigenvalue weighted by molar-refractivity contribution is 7.90. The van der Waals surface area contributed by atoms with Gasteiger partial charge in [-0.3, -0.25) is 0 Å². The lowest BCUT2D eigenvalue weighted by Gasteiger charge is -2.34. The van der Waals surface area contributed by atoms with E-state index < -0.39 is 15.4 Å². The predicted molar refractivity (Wildman–Crippen MR) is 119 cm³/mol. The fourth-order valence-corrected chi connectivity index (χ4v) is 5.03. The van der Waals surface area contributed by atoms with Crippen LogP contribution in [0.25, 0.3) is 0 Å². The number of nitrogens with zero attached hydrogens (tertiary/aromatic N) is 1. The average molecular weight is 430 g/mol. The Morgan fingerprint density at radius 1 is 1.13 bits per heavy atom. The summed E-state index contributed by atoms with van der Waals surface area (Å²) in [6.07, 6.45) is 4.71. The van der Waals surface area contributed by atoms with Crippen LogP contribution in [0.2, 0.25) is 0 Å². The first-order valence-electron chi connectivity index (χ1n) is 10.4. The van der Waals surface area contributed by atoms with Crippen LogP contribution in [-0.4, -0.2) is 36.3 Å². The van der Waals surface area contributed by atoms with E-state index in [1.54, 1.807) is 12.1 Å². The van der Waals surface area contributed by atoms with Gasteiger partial charge < -0.3 is 10.3 Å². The van der Waals surface area contributed by atoms with Gasteiger partial charge in [0.2, 0.25) is 0 Å². The first-order valence-corrected chi connectivity index (χ1v) is 12.3. The van der Waals surface area contributed by atoms with E-state index in [1.165, 1.54) is 6.26 Å². The molecule has 2 aromatic rings. The summed E-state index contributed by atoms with van der Waals surface area (Å²) >= 11 is 0. The lowest BCUT2D eigenvalue weighted by Crippen LogP contribution is -2.33. The number of rotatable bonds is 6. The normalized spacial score (nSPS) is 23.9. The van der Waals surface area contributed by atoms with Gasteiger partial charge in [0.1, 0.15) is 0 Å². The summed E-state index contributed by atoms with van der Waals surface area (Å²) in [5, 5.41) is 23.8. The highest BCUT2D eigenvalue weighted by Gasteiger charge is 2.32. The minimum atomic E-state index is -3.26. The first-order chi connectivity index (χ1) is 14.1. The number of hydrogen-bond donors (Lipinski definition) is 2. The van der Waals surface area contributed by atoms with Gasteiger partial charge in [-0.15, -0.1) is 0 Å². The van der Waals surface area contributed by atoms with Gasteiger partial charge in [-0.05, 0) is 68.4 Å². The molecule has 0 saturated heterocycles. The molecule has 5 nitrogen and oxygen atoms in total. The van der Waals surface area contributed by atoms with Gasteiger partial charge in [0.25, 0.3) is 0 Å². The number of aryl methyl sites for hydroxylation is 1. The van der Waals surface area contributed by atoms with Crippen LogP contribution >= 0.6 is 0 Å². The van der Waals surface area contributed by atoms with Crippen LogP contribution in [-0.2, 0) is 9.84 Å². The van der Waals surface area contributed by atoms with Crippen LogP contribution in [0.15, 0.2) is 58.6 Å². The zero-order valence-corrected chi connectivity index (χ0v) is 18.7. The van der Waals surface area contributed by atoms with Gasteiger partial charge in [-0.2, -0.15) is 0 Å². The molecular formula is C24H31NO4S. The van der Waals surface area contributed by atoms with Gasteiger partial charge >= 0.3 is 0 Å². The molecule has 1 aliphatic carbocycles. The minimum Gasteiger partial charge on any atom is -0.411 e. The van der Waals surface area contributed by atoms with E-state index in [1.807, 2.05) is 31.2 Å². The zero-order valence-electron chi connectivity index (χ0n) is 17.9. The van der Waals surface area contributed by atoms with Crippen molar-refractivity contribution in [3.8, 4) is 0 Å². The lowest BCUT2D eigenvalue weighted by molar-refractivity contribution is 0.0153. The quantitative estimate of drug-likeness (QED) is 0.396. The SMILES string of the molecule is Cc1ccccc1C(C/C(=N\O)[C@H]1CC[C@@](C)(O)CC1)c1ccc(S(C)(=O)=O)cc1. The smallest absolute Gasteiger partial charge is 0.175 e. The molecule has 0 spiro atoms. The summed E-state index contributed by atoms with van der Waals surface area (Å²) in [7, 11) is -3.26. The Hall–Kier alpha value is -2.18. The number of hydrogen-bond acceptors (Lipinski definition) is 5. The lowest BCUT2D eigenvalue weighted by atomic mass is 9.74. The van der Waals surface area contributed by atoms with E-state index in [2.05, 4.69) is 24.2 Å². The maximum atomic E-state index is 11.8. The summed E-state index contributed by atoms with van der Waals surface area (Å²) in [6, 6.07) is 15.1.